The van der Waals surface area contributed by atoms with E-state index in [9.17, 15) is 0 Å². The van der Waals surface area contributed by atoms with Gasteiger partial charge in [-0.05, 0) is 44.4 Å². The molecule has 2 aliphatic rings. The van der Waals surface area contributed by atoms with Crippen LogP contribution in [0.15, 0.2) is 42.6 Å². The second kappa shape index (κ2) is 7.45. The van der Waals surface area contributed by atoms with Gasteiger partial charge in [0.15, 0.2) is 0 Å². The lowest BCUT2D eigenvalue weighted by atomic mass is 9.84. The van der Waals surface area contributed by atoms with E-state index in [2.05, 4.69) is 46.7 Å². The summed E-state index contributed by atoms with van der Waals surface area (Å²) >= 11 is 0. The van der Waals surface area contributed by atoms with E-state index in [4.69, 9.17) is 0 Å². The minimum absolute atomic E-state index is 0.184. The molecule has 0 amide bonds. The Balaban J connectivity index is 1.56. The number of fused-ring (bicyclic) bond motifs is 2. The molecule has 1 aliphatic carbocycles. The summed E-state index contributed by atoms with van der Waals surface area (Å²) in [7, 11) is 1.98. The van der Waals surface area contributed by atoms with Crippen molar-refractivity contribution in [2.24, 2.45) is 5.41 Å². The van der Waals surface area contributed by atoms with Gasteiger partial charge in [-0.1, -0.05) is 45.5 Å². The number of hydrogen-bond acceptors (Lipinski definition) is 4. The Morgan fingerprint density at radius 3 is 2.49 bits per heavy atom. The Morgan fingerprint density at radius 2 is 1.83 bits per heavy atom. The van der Waals surface area contributed by atoms with Crippen LogP contribution in [0.1, 0.15) is 69.1 Å². The Kier molecular flexibility index (Phi) is 5.03. The molecule has 3 aromatic rings. The number of rotatable bonds is 5. The van der Waals surface area contributed by atoms with Gasteiger partial charge in [-0.3, -0.25) is 0 Å². The molecule has 1 fully saturated rings. The molecular weight excluding hydrogens is 449 g/mol. The van der Waals surface area contributed by atoms with Gasteiger partial charge in [-0.2, -0.15) is 0 Å². The van der Waals surface area contributed by atoms with Crippen LogP contribution in [0.25, 0.3) is 10.9 Å². The van der Waals surface area contributed by atoms with Gasteiger partial charge in [0.2, 0.25) is 0 Å². The van der Waals surface area contributed by atoms with Crippen molar-refractivity contribution in [3.05, 3.63) is 70.9 Å². The highest BCUT2D eigenvalue weighted by Crippen LogP contribution is 2.61. The van der Waals surface area contributed by atoms with Gasteiger partial charge in [0.05, 0.1) is 17.1 Å². The van der Waals surface area contributed by atoms with E-state index < -0.39 is 28.8 Å². The number of aryl methyl sites for hydroxylation is 1. The lowest BCUT2D eigenvalue weighted by Crippen LogP contribution is -2.27. The fourth-order valence-corrected chi connectivity index (χ4v) is 5.12. The summed E-state index contributed by atoms with van der Waals surface area (Å²) in [5.41, 5.74) is 2.14. The van der Waals surface area contributed by atoms with Crippen LogP contribution >= 0.6 is 0 Å². The Hall–Kier alpha value is -3.09. The number of likely N-dealkylation sites (N-methyl/N-ethyl adjacent to an activating group) is 1. The number of hydrogen-bond donors (Lipinski definition) is 1. The van der Waals surface area contributed by atoms with Crippen molar-refractivity contribution in [2.45, 2.75) is 64.8 Å². The third-order valence-corrected chi connectivity index (χ3v) is 8.03. The SMILES string of the molecule is C=C1N(C)c2cc3c(N[C@H](C)c4cccc(C(F)(F)C5(C)CC5)c4F)nc(C)nc3cc2C1(C)C. The summed E-state index contributed by atoms with van der Waals surface area (Å²) in [4.78, 5) is 11.3. The van der Waals surface area contributed by atoms with Gasteiger partial charge >= 0.3 is 0 Å². The number of alkyl halides is 2. The summed E-state index contributed by atoms with van der Waals surface area (Å²) < 4.78 is 45.6. The van der Waals surface area contributed by atoms with E-state index in [0.29, 0.717) is 24.5 Å². The number of benzene rings is 2. The number of anilines is 2. The Labute approximate surface area is 204 Å². The molecule has 2 aromatic carbocycles. The predicted molar refractivity (Wildman–Crippen MR) is 135 cm³/mol. The first-order valence-electron chi connectivity index (χ1n) is 12.0. The molecule has 1 N–H and O–H groups in total. The number of nitrogens with zero attached hydrogens (tertiary/aromatic N) is 3. The maximum Gasteiger partial charge on any atom is 0.281 e. The second-order valence-electron chi connectivity index (χ2n) is 10.8. The van der Waals surface area contributed by atoms with Crippen LogP contribution in [-0.4, -0.2) is 17.0 Å². The largest absolute Gasteiger partial charge is 0.363 e. The van der Waals surface area contributed by atoms with Gasteiger partial charge in [-0.25, -0.2) is 23.1 Å². The molecule has 1 aromatic heterocycles. The minimum Gasteiger partial charge on any atom is -0.363 e. The fraction of sp³-hybridized carbons (Fsp3) is 0.429. The van der Waals surface area contributed by atoms with Crippen LogP contribution < -0.4 is 10.2 Å². The first-order chi connectivity index (χ1) is 16.3. The zero-order chi connectivity index (χ0) is 25.5. The molecular formula is C28H31F3N4. The van der Waals surface area contributed by atoms with E-state index in [1.54, 1.807) is 19.9 Å². The van der Waals surface area contributed by atoms with E-state index in [-0.39, 0.29) is 11.0 Å². The third-order valence-electron chi connectivity index (χ3n) is 8.03. The smallest absolute Gasteiger partial charge is 0.281 e. The van der Waals surface area contributed by atoms with Crippen LogP contribution in [-0.2, 0) is 11.3 Å². The molecule has 4 nitrogen and oxygen atoms in total. The zero-order valence-corrected chi connectivity index (χ0v) is 21.1. The first kappa shape index (κ1) is 23.6. The Bertz CT molecular complexity index is 1370. The lowest BCUT2D eigenvalue weighted by molar-refractivity contribution is -0.0753. The van der Waals surface area contributed by atoms with E-state index in [0.717, 1.165) is 27.9 Å². The van der Waals surface area contributed by atoms with Crippen LogP contribution in [0.3, 0.4) is 0 Å². The van der Waals surface area contributed by atoms with E-state index in [1.807, 2.05) is 13.1 Å². The molecule has 184 valence electrons. The molecule has 7 heteroatoms. The van der Waals surface area contributed by atoms with Crippen LogP contribution in [0, 0.1) is 18.2 Å². The summed E-state index contributed by atoms with van der Waals surface area (Å²) in [6.07, 6.45) is 0.789. The number of aromatic nitrogens is 2. The van der Waals surface area contributed by atoms with Crippen molar-refractivity contribution < 1.29 is 13.2 Å². The summed E-state index contributed by atoms with van der Waals surface area (Å²) in [6.45, 7) is 13.6. The summed E-state index contributed by atoms with van der Waals surface area (Å²) in [5.74, 6) is -2.97. The number of nitrogens with one attached hydrogen (secondary N) is 1. The zero-order valence-electron chi connectivity index (χ0n) is 21.1. The molecule has 0 spiro atoms. The molecule has 0 saturated heterocycles. The highest BCUT2D eigenvalue weighted by molar-refractivity contribution is 5.95. The highest BCUT2D eigenvalue weighted by atomic mass is 19.3. The van der Waals surface area contributed by atoms with Crippen LogP contribution in [0.4, 0.5) is 24.7 Å². The maximum atomic E-state index is 15.5. The average Bonchev–Trinajstić information content (AvgIpc) is 3.53. The van der Waals surface area contributed by atoms with E-state index >= 15 is 13.2 Å². The highest BCUT2D eigenvalue weighted by Gasteiger charge is 2.60. The maximum absolute atomic E-state index is 15.5. The molecule has 0 radical (unpaired) electrons. The monoisotopic (exact) mass is 480 g/mol. The second-order valence-corrected chi connectivity index (χ2v) is 10.8. The summed E-state index contributed by atoms with van der Waals surface area (Å²) in [5, 5.41) is 4.06. The van der Waals surface area contributed by atoms with E-state index in [1.165, 1.54) is 19.1 Å². The first-order valence-corrected chi connectivity index (χ1v) is 12.0. The molecule has 5 rings (SSSR count). The number of allylic oxidation sites excluding steroid dienone is 1. The van der Waals surface area contributed by atoms with Gasteiger partial charge in [0, 0.05) is 40.2 Å². The van der Waals surface area contributed by atoms with Crippen molar-refractivity contribution in [1.82, 2.24) is 9.97 Å². The number of halogens is 3. The fourth-order valence-electron chi connectivity index (χ4n) is 5.12. The van der Waals surface area contributed by atoms with Gasteiger partial charge in [0.25, 0.3) is 5.92 Å². The molecule has 2 heterocycles. The molecule has 1 saturated carbocycles. The van der Waals surface area contributed by atoms with Crippen LogP contribution in [0.5, 0.6) is 0 Å². The summed E-state index contributed by atoms with van der Waals surface area (Å²) in [6, 6.07) is 7.75. The van der Waals surface area contributed by atoms with Crippen molar-refractivity contribution >= 4 is 22.4 Å². The van der Waals surface area contributed by atoms with Crippen molar-refractivity contribution in [3.63, 3.8) is 0 Å². The lowest BCUT2D eigenvalue weighted by Gasteiger charge is -2.26. The molecule has 0 unspecified atom stereocenters. The Morgan fingerprint density at radius 1 is 1.14 bits per heavy atom. The topological polar surface area (TPSA) is 41.0 Å². The standard InChI is InChI=1S/C28H31F3N4/c1-15(18-9-8-10-20(24(18)29)28(30,31)27(6)11-12-27)32-25-19-13-23-21(14-22(19)33-17(3)34-25)26(4,5)16(2)35(23)7/h8-10,13-15H,2,11-12H2,1,3-7H3,(H,32,33,34)/t15-/m1/s1. The minimum atomic E-state index is -3.22. The normalized spacial score (nSPS) is 19.1. The predicted octanol–water partition coefficient (Wildman–Crippen LogP) is 7.38. The van der Waals surface area contributed by atoms with Crippen LogP contribution in [0.2, 0.25) is 0 Å². The molecule has 35 heavy (non-hydrogen) atoms. The van der Waals surface area contributed by atoms with Gasteiger partial charge in [0.1, 0.15) is 17.5 Å². The van der Waals surface area contributed by atoms with Crippen molar-refractivity contribution in [2.75, 3.05) is 17.3 Å². The van der Waals surface area contributed by atoms with Crippen molar-refractivity contribution in [1.29, 1.82) is 0 Å². The van der Waals surface area contributed by atoms with Gasteiger partial charge < -0.3 is 10.2 Å². The third kappa shape index (κ3) is 3.42. The molecule has 0 bridgehead atoms. The van der Waals surface area contributed by atoms with Gasteiger partial charge in [-0.15, -0.1) is 0 Å². The van der Waals surface area contributed by atoms with Crippen molar-refractivity contribution in [3.8, 4) is 0 Å². The molecule has 1 atom stereocenters. The average molecular weight is 481 g/mol. The molecule has 1 aliphatic heterocycles. The quantitative estimate of drug-likeness (QED) is 0.414.